The Labute approximate surface area is 82.2 Å². The second-order valence-electron chi connectivity index (χ2n) is 1.88. The van der Waals surface area contributed by atoms with Crippen molar-refractivity contribution in [1.82, 2.24) is 16.2 Å². The first-order chi connectivity index (χ1) is 6.43. The van der Waals surface area contributed by atoms with Gasteiger partial charge in [-0.1, -0.05) is 27.7 Å². The zero-order valence-electron chi connectivity index (χ0n) is 9.57. The van der Waals surface area contributed by atoms with Crippen LogP contribution in [0.25, 0.3) is 0 Å². The van der Waals surface area contributed by atoms with Crippen LogP contribution < -0.4 is 16.2 Å². The van der Waals surface area contributed by atoms with E-state index >= 15 is 0 Å². The lowest BCUT2D eigenvalue weighted by molar-refractivity contribution is 0.676. The Bertz CT molecular complexity index is 112. The molecule has 1 aliphatic rings. The molecule has 0 fully saturated rings. The van der Waals surface area contributed by atoms with E-state index in [9.17, 15) is 0 Å². The fraction of sp³-hybridized carbons (Fsp3) is 0.889. The minimum atomic E-state index is 0.848. The van der Waals surface area contributed by atoms with Crippen LogP contribution in [0, 0.1) is 0 Å². The average Bonchev–Trinajstić information content (AvgIpc) is 2.26. The third-order valence-corrected chi connectivity index (χ3v) is 1.15. The normalized spacial score (nSPS) is 14.1. The van der Waals surface area contributed by atoms with Crippen LogP contribution in [0.4, 0.5) is 0 Å². The van der Waals surface area contributed by atoms with E-state index in [2.05, 4.69) is 21.2 Å². The Morgan fingerprint density at radius 3 is 2.23 bits per heavy atom. The molecule has 0 bridgehead atoms. The van der Waals surface area contributed by atoms with E-state index in [-0.39, 0.29) is 0 Å². The Kier molecular flexibility index (Phi) is 16.0. The number of hydrogen-bond acceptors (Lipinski definition) is 4. The van der Waals surface area contributed by atoms with Gasteiger partial charge in [-0.3, -0.25) is 4.99 Å². The van der Waals surface area contributed by atoms with Crippen LogP contribution in [0.15, 0.2) is 4.99 Å². The van der Waals surface area contributed by atoms with Gasteiger partial charge in [-0.25, -0.2) is 5.43 Å². The molecule has 4 nitrogen and oxygen atoms in total. The molecular formula is C9H24N4. The molecule has 1 heterocycles. The molecule has 80 valence electrons. The van der Waals surface area contributed by atoms with Crippen molar-refractivity contribution in [3.05, 3.63) is 0 Å². The van der Waals surface area contributed by atoms with Gasteiger partial charge in [-0.15, -0.1) is 0 Å². The van der Waals surface area contributed by atoms with Gasteiger partial charge in [0.15, 0.2) is 0 Å². The van der Waals surface area contributed by atoms with Crippen LogP contribution in [-0.2, 0) is 0 Å². The van der Waals surface area contributed by atoms with Crippen molar-refractivity contribution in [2.75, 3.05) is 26.7 Å². The molecular weight excluding hydrogens is 164 g/mol. The lowest BCUT2D eigenvalue weighted by Crippen LogP contribution is -2.44. The molecule has 0 aromatic heterocycles. The maximum atomic E-state index is 4.20. The summed E-state index contributed by atoms with van der Waals surface area (Å²) < 4.78 is 0. The highest BCUT2D eigenvalue weighted by molar-refractivity contribution is 5.84. The Morgan fingerprint density at radius 1 is 1.23 bits per heavy atom. The number of amidine groups is 1. The summed E-state index contributed by atoms with van der Waals surface area (Å²) in [6.45, 7) is 10.7. The number of hydrazine groups is 1. The third kappa shape index (κ3) is 9.30. The molecule has 13 heavy (non-hydrogen) atoms. The van der Waals surface area contributed by atoms with Crippen molar-refractivity contribution < 1.29 is 0 Å². The summed E-state index contributed by atoms with van der Waals surface area (Å²) in [6.07, 6.45) is 0. The highest BCUT2D eigenvalue weighted by atomic mass is 15.4. The SMILES string of the molecule is CC.CC.CNNC1=NCCNC1. The number of hydrogen-bond donors (Lipinski definition) is 3. The van der Waals surface area contributed by atoms with E-state index in [1.165, 1.54) is 0 Å². The van der Waals surface area contributed by atoms with E-state index in [0.29, 0.717) is 0 Å². The number of aliphatic imine (C=N–C) groups is 1. The maximum absolute atomic E-state index is 4.20. The van der Waals surface area contributed by atoms with Gasteiger partial charge in [0, 0.05) is 13.6 Å². The molecule has 1 rings (SSSR count). The molecule has 3 N–H and O–H groups in total. The highest BCUT2D eigenvalue weighted by Crippen LogP contribution is 1.78. The lowest BCUT2D eigenvalue weighted by atomic mass is 10.4. The summed E-state index contributed by atoms with van der Waals surface area (Å²) in [5.41, 5.74) is 5.74. The smallest absolute Gasteiger partial charge is 0.125 e. The van der Waals surface area contributed by atoms with Gasteiger partial charge in [0.2, 0.25) is 0 Å². The molecule has 0 amide bonds. The summed E-state index contributed by atoms with van der Waals surface area (Å²) >= 11 is 0. The van der Waals surface area contributed by atoms with E-state index in [1.807, 2.05) is 34.7 Å². The zero-order valence-corrected chi connectivity index (χ0v) is 9.57. The van der Waals surface area contributed by atoms with Gasteiger partial charge in [0.05, 0.1) is 13.1 Å². The number of nitrogens with zero attached hydrogens (tertiary/aromatic N) is 1. The summed E-state index contributed by atoms with van der Waals surface area (Å²) in [6, 6.07) is 0. The maximum Gasteiger partial charge on any atom is 0.125 e. The Morgan fingerprint density at radius 2 is 1.85 bits per heavy atom. The second kappa shape index (κ2) is 13.9. The Hall–Kier alpha value is -0.610. The van der Waals surface area contributed by atoms with Crippen molar-refractivity contribution in [3.63, 3.8) is 0 Å². The average molecular weight is 188 g/mol. The van der Waals surface area contributed by atoms with Gasteiger partial charge < -0.3 is 10.7 Å². The van der Waals surface area contributed by atoms with Crippen LogP contribution in [0.5, 0.6) is 0 Å². The summed E-state index contributed by atoms with van der Waals surface area (Å²) in [5.74, 6) is 0.990. The molecule has 0 unspecified atom stereocenters. The molecule has 4 heteroatoms. The second-order valence-corrected chi connectivity index (χ2v) is 1.88. The molecule has 0 saturated carbocycles. The fourth-order valence-electron chi connectivity index (χ4n) is 0.761. The van der Waals surface area contributed by atoms with Gasteiger partial charge in [-0.05, 0) is 0 Å². The first-order valence-corrected chi connectivity index (χ1v) is 5.10. The summed E-state index contributed by atoms with van der Waals surface area (Å²) in [4.78, 5) is 4.20. The molecule has 0 aromatic rings. The van der Waals surface area contributed by atoms with Crippen molar-refractivity contribution in [1.29, 1.82) is 0 Å². The molecule has 0 atom stereocenters. The molecule has 1 aliphatic heterocycles. The summed E-state index contributed by atoms with van der Waals surface area (Å²) in [5, 5.41) is 3.19. The lowest BCUT2D eigenvalue weighted by Gasteiger charge is -2.13. The fourth-order valence-corrected chi connectivity index (χ4v) is 0.761. The van der Waals surface area contributed by atoms with E-state index in [4.69, 9.17) is 0 Å². The molecule has 0 aliphatic carbocycles. The minimum absolute atomic E-state index is 0.848. The quantitative estimate of drug-likeness (QED) is 0.533. The Balaban J connectivity index is 0. The van der Waals surface area contributed by atoms with E-state index in [0.717, 1.165) is 25.5 Å². The number of rotatable bonds is 1. The third-order valence-electron chi connectivity index (χ3n) is 1.15. The van der Waals surface area contributed by atoms with Gasteiger partial charge in [-0.2, -0.15) is 0 Å². The predicted octanol–water partition coefficient (Wildman–Crippen LogP) is 0.765. The van der Waals surface area contributed by atoms with Crippen LogP contribution in [-0.4, -0.2) is 32.5 Å². The largest absolute Gasteiger partial charge is 0.309 e. The van der Waals surface area contributed by atoms with Gasteiger partial charge >= 0.3 is 0 Å². The van der Waals surface area contributed by atoms with Crippen molar-refractivity contribution >= 4 is 5.84 Å². The van der Waals surface area contributed by atoms with E-state index < -0.39 is 0 Å². The molecule has 0 aromatic carbocycles. The standard InChI is InChI=1S/C5H12N4.2C2H6/c1-6-9-5-4-7-2-3-8-5;2*1-2/h6-7H,2-4H2,1H3,(H,8,9);2*1-2H3. The van der Waals surface area contributed by atoms with Crippen molar-refractivity contribution in [2.45, 2.75) is 27.7 Å². The van der Waals surface area contributed by atoms with Crippen molar-refractivity contribution in [3.8, 4) is 0 Å². The first-order valence-electron chi connectivity index (χ1n) is 5.10. The van der Waals surface area contributed by atoms with Gasteiger partial charge in [0.1, 0.15) is 5.84 Å². The van der Waals surface area contributed by atoms with Crippen LogP contribution in [0.3, 0.4) is 0 Å². The first kappa shape index (κ1) is 14.9. The van der Waals surface area contributed by atoms with Crippen LogP contribution >= 0.6 is 0 Å². The highest BCUT2D eigenvalue weighted by Gasteiger charge is 2.00. The predicted molar refractivity (Wildman–Crippen MR) is 60.1 cm³/mol. The zero-order chi connectivity index (χ0) is 10.5. The molecule has 0 radical (unpaired) electrons. The topological polar surface area (TPSA) is 48.5 Å². The molecule has 0 saturated heterocycles. The van der Waals surface area contributed by atoms with Gasteiger partial charge in [0.25, 0.3) is 0 Å². The monoisotopic (exact) mass is 188 g/mol. The minimum Gasteiger partial charge on any atom is -0.309 e. The summed E-state index contributed by atoms with van der Waals surface area (Å²) in [7, 11) is 1.83. The number of nitrogens with one attached hydrogen (secondary N) is 3. The van der Waals surface area contributed by atoms with Crippen molar-refractivity contribution in [2.24, 2.45) is 4.99 Å². The van der Waals surface area contributed by atoms with E-state index in [1.54, 1.807) is 0 Å². The van der Waals surface area contributed by atoms with Crippen LogP contribution in [0.2, 0.25) is 0 Å². The molecule has 0 spiro atoms. The van der Waals surface area contributed by atoms with Crippen LogP contribution in [0.1, 0.15) is 27.7 Å².